The molecule has 0 saturated carbocycles. The minimum atomic E-state index is -1.15. The molecule has 0 aromatic carbocycles. The van der Waals surface area contributed by atoms with Gasteiger partial charge in [0, 0.05) is 13.8 Å². The molecule has 1 fully saturated rings. The maximum atomic E-state index is 11.8. The number of rotatable bonds is 6. The predicted octanol–water partition coefficient (Wildman–Crippen LogP) is 3.77. The number of allylic oxidation sites excluding steroid dienone is 4. The quantitative estimate of drug-likeness (QED) is 0.425. The van der Waals surface area contributed by atoms with Crippen molar-refractivity contribution in [3.8, 4) is 0 Å². The lowest BCUT2D eigenvalue weighted by atomic mass is 9.86. The van der Waals surface area contributed by atoms with Crippen molar-refractivity contribution in [2.75, 3.05) is 0 Å². The first-order chi connectivity index (χ1) is 9.67. The van der Waals surface area contributed by atoms with Crippen LogP contribution in [0.2, 0.25) is 0 Å². The molecule has 0 unspecified atom stereocenters. The zero-order valence-electron chi connectivity index (χ0n) is 13.6. The van der Waals surface area contributed by atoms with Gasteiger partial charge in [0.05, 0.1) is 0 Å². The van der Waals surface area contributed by atoms with Crippen molar-refractivity contribution < 1.29 is 19.1 Å². The first kappa shape index (κ1) is 17.5. The molecule has 1 rings (SSSR count). The third-order valence-electron chi connectivity index (χ3n) is 3.39. The molecule has 4 nitrogen and oxygen atoms in total. The summed E-state index contributed by atoms with van der Waals surface area (Å²) in [5.74, 6) is -3.01. The van der Waals surface area contributed by atoms with Crippen molar-refractivity contribution in [2.24, 2.45) is 11.3 Å². The predicted molar refractivity (Wildman–Crippen MR) is 81.3 cm³/mol. The second-order valence-electron chi connectivity index (χ2n) is 6.53. The van der Waals surface area contributed by atoms with Gasteiger partial charge in [0.15, 0.2) is 5.92 Å². The van der Waals surface area contributed by atoms with Crippen LogP contribution in [0.1, 0.15) is 53.9 Å². The van der Waals surface area contributed by atoms with Gasteiger partial charge in [-0.2, -0.15) is 0 Å². The van der Waals surface area contributed by atoms with E-state index in [1.54, 1.807) is 13.8 Å². The van der Waals surface area contributed by atoms with Crippen LogP contribution in [-0.4, -0.2) is 17.7 Å². The van der Waals surface area contributed by atoms with E-state index in [0.717, 1.165) is 12.8 Å². The van der Waals surface area contributed by atoms with Crippen LogP contribution >= 0.6 is 0 Å². The topological polar surface area (TPSA) is 52.6 Å². The smallest absolute Gasteiger partial charge is 0.323 e. The van der Waals surface area contributed by atoms with Gasteiger partial charge in [-0.15, -0.1) is 0 Å². The van der Waals surface area contributed by atoms with E-state index in [0.29, 0.717) is 6.42 Å². The van der Waals surface area contributed by atoms with Crippen LogP contribution in [0.15, 0.2) is 24.3 Å². The molecule has 0 radical (unpaired) electrons. The summed E-state index contributed by atoms with van der Waals surface area (Å²) in [5.41, 5.74) is 0.0290. The molecule has 0 bridgehead atoms. The SMILES string of the molecule is C/C=C/CCC(C)(C)/C=C/CC1C(=O)OC(C)(C)OC1=O. The van der Waals surface area contributed by atoms with Gasteiger partial charge in [-0.1, -0.05) is 38.2 Å². The highest BCUT2D eigenvalue weighted by molar-refractivity contribution is 5.96. The highest BCUT2D eigenvalue weighted by Crippen LogP contribution is 2.28. The first-order valence-electron chi connectivity index (χ1n) is 7.41. The summed E-state index contributed by atoms with van der Waals surface area (Å²) in [6.45, 7) is 9.38. The normalized spacial score (nSPS) is 20.0. The Hall–Kier alpha value is -1.58. The van der Waals surface area contributed by atoms with Crippen LogP contribution in [-0.2, 0) is 19.1 Å². The van der Waals surface area contributed by atoms with Crippen molar-refractivity contribution in [3.63, 3.8) is 0 Å². The molecule has 0 aromatic heterocycles. The van der Waals surface area contributed by atoms with Crippen LogP contribution < -0.4 is 0 Å². The Morgan fingerprint density at radius 2 is 1.71 bits per heavy atom. The lowest BCUT2D eigenvalue weighted by molar-refractivity contribution is -0.239. The third kappa shape index (κ3) is 5.74. The molecular weight excluding hydrogens is 268 g/mol. The molecule has 1 heterocycles. The number of esters is 2. The second kappa shape index (κ2) is 6.92. The highest BCUT2D eigenvalue weighted by atomic mass is 16.7. The molecule has 4 heteroatoms. The van der Waals surface area contributed by atoms with E-state index in [4.69, 9.17) is 9.47 Å². The van der Waals surface area contributed by atoms with E-state index in [1.807, 2.05) is 19.1 Å². The highest BCUT2D eigenvalue weighted by Gasteiger charge is 2.42. The van der Waals surface area contributed by atoms with E-state index in [-0.39, 0.29) is 5.41 Å². The van der Waals surface area contributed by atoms with E-state index < -0.39 is 23.6 Å². The summed E-state index contributed by atoms with van der Waals surface area (Å²) >= 11 is 0. The summed E-state index contributed by atoms with van der Waals surface area (Å²) in [6.07, 6.45) is 10.4. The van der Waals surface area contributed by atoms with Gasteiger partial charge in [0.1, 0.15) is 0 Å². The lowest BCUT2D eigenvalue weighted by Gasteiger charge is -2.32. The molecule has 1 aliphatic rings. The fourth-order valence-electron chi connectivity index (χ4n) is 2.16. The van der Waals surface area contributed by atoms with Gasteiger partial charge >= 0.3 is 11.9 Å². The van der Waals surface area contributed by atoms with Gasteiger partial charge < -0.3 is 9.47 Å². The molecule has 0 amide bonds. The molecule has 0 N–H and O–H groups in total. The molecule has 118 valence electrons. The van der Waals surface area contributed by atoms with Crippen LogP contribution in [0.3, 0.4) is 0 Å². The fourth-order valence-corrected chi connectivity index (χ4v) is 2.16. The maximum Gasteiger partial charge on any atom is 0.323 e. The zero-order chi connectivity index (χ0) is 16.1. The molecule has 1 aliphatic heterocycles. The Morgan fingerprint density at radius 1 is 1.14 bits per heavy atom. The fraction of sp³-hybridized carbons (Fsp3) is 0.647. The van der Waals surface area contributed by atoms with Gasteiger partial charge in [-0.05, 0) is 31.6 Å². The first-order valence-corrected chi connectivity index (χ1v) is 7.41. The van der Waals surface area contributed by atoms with Crippen molar-refractivity contribution in [1.29, 1.82) is 0 Å². The largest absolute Gasteiger partial charge is 0.422 e. The molecule has 0 aromatic rings. The van der Waals surface area contributed by atoms with Crippen LogP contribution in [0.5, 0.6) is 0 Å². The summed E-state index contributed by atoms with van der Waals surface area (Å²) in [5, 5.41) is 0. The van der Waals surface area contributed by atoms with E-state index >= 15 is 0 Å². The maximum absolute atomic E-state index is 11.8. The Balaban J connectivity index is 2.56. The molecule has 0 aliphatic carbocycles. The van der Waals surface area contributed by atoms with Gasteiger partial charge in [0.2, 0.25) is 0 Å². The number of carbonyl (C=O) groups excluding carboxylic acids is 2. The third-order valence-corrected chi connectivity index (χ3v) is 3.39. The van der Waals surface area contributed by atoms with Gasteiger partial charge in [-0.25, -0.2) is 0 Å². The minimum absolute atomic E-state index is 0.0290. The molecule has 0 spiro atoms. The van der Waals surface area contributed by atoms with Gasteiger partial charge in [-0.3, -0.25) is 9.59 Å². The lowest BCUT2D eigenvalue weighted by Crippen LogP contribution is -2.46. The second-order valence-corrected chi connectivity index (χ2v) is 6.53. The number of hydrogen-bond donors (Lipinski definition) is 0. The molecular formula is C17H26O4. The standard InChI is InChI=1S/C17H26O4/c1-6-7-8-11-16(2,3)12-9-10-13-14(18)20-17(4,5)21-15(13)19/h6-7,9,12-13H,8,10-11H2,1-5H3/b7-6+,12-9+. The summed E-state index contributed by atoms with van der Waals surface area (Å²) in [4.78, 5) is 23.6. The Labute approximate surface area is 127 Å². The molecule has 0 atom stereocenters. The van der Waals surface area contributed by atoms with Crippen LogP contribution in [0.4, 0.5) is 0 Å². The minimum Gasteiger partial charge on any atom is -0.422 e. The summed E-state index contributed by atoms with van der Waals surface area (Å²) in [7, 11) is 0. The monoisotopic (exact) mass is 294 g/mol. The number of hydrogen-bond acceptors (Lipinski definition) is 4. The Morgan fingerprint density at radius 3 is 2.24 bits per heavy atom. The number of ether oxygens (including phenoxy) is 2. The van der Waals surface area contributed by atoms with Crippen LogP contribution in [0, 0.1) is 11.3 Å². The zero-order valence-corrected chi connectivity index (χ0v) is 13.6. The Bertz CT molecular complexity index is 424. The Kier molecular flexibility index (Phi) is 5.76. The van der Waals surface area contributed by atoms with Crippen molar-refractivity contribution in [2.45, 2.75) is 59.7 Å². The van der Waals surface area contributed by atoms with Gasteiger partial charge in [0.25, 0.3) is 5.79 Å². The summed E-state index contributed by atoms with van der Waals surface area (Å²) < 4.78 is 10.2. The van der Waals surface area contributed by atoms with Crippen molar-refractivity contribution >= 4 is 11.9 Å². The molecule has 1 saturated heterocycles. The number of carbonyl (C=O) groups is 2. The number of cyclic esters (lactones) is 2. The average molecular weight is 294 g/mol. The molecule has 21 heavy (non-hydrogen) atoms. The van der Waals surface area contributed by atoms with E-state index in [1.165, 1.54) is 0 Å². The summed E-state index contributed by atoms with van der Waals surface area (Å²) in [6, 6.07) is 0. The van der Waals surface area contributed by atoms with E-state index in [2.05, 4.69) is 26.0 Å². The van der Waals surface area contributed by atoms with Crippen molar-refractivity contribution in [3.05, 3.63) is 24.3 Å². The van der Waals surface area contributed by atoms with Crippen molar-refractivity contribution in [1.82, 2.24) is 0 Å². The van der Waals surface area contributed by atoms with E-state index in [9.17, 15) is 9.59 Å². The average Bonchev–Trinajstić information content (AvgIpc) is 2.31. The van der Waals surface area contributed by atoms with Crippen LogP contribution in [0.25, 0.3) is 0 Å².